The van der Waals surface area contributed by atoms with Crippen molar-refractivity contribution < 1.29 is 9.53 Å². The van der Waals surface area contributed by atoms with Crippen LogP contribution in [0.3, 0.4) is 0 Å². The van der Waals surface area contributed by atoms with Gasteiger partial charge in [0.05, 0.1) is 7.11 Å². The summed E-state index contributed by atoms with van der Waals surface area (Å²) in [6.45, 7) is 1.85. The molecule has 4 heteroatoms. The van der Waals surface area contributed by atoms with Crippen molar-refractivity contribution in [3.8, 4) is 11.4 Å². The molecule has 0 radical (unpaired) electrons. The molecule has 0 aliphatic carbocycles. The zero-order valence-electron chi connectivity index (χ0n) is 9.18. The summed E-state index contributed by atoms with van der Waals surface area (Å²) in [6.07, 6.45) is 2.56. The molecular formula is C12H12N2O2. The minimum atomic E-state index is 0.450. The second-order valence-electron chi connectivity index (χ2n) is 3.43. The number of aromatic nitrogens is 2. The van der Waals surface area contributed by atoms with Crippen molar-refractivity contribution >= 4 is 6.29 Å². The molecule has 0 aliphatic heterocycles. The van der Waals surface area contributed by atoms with Gasteiger partial charge in [-0.25, -0.2) is 4.68 Å². The van der Waals surface area contributed by atoms with E-state index in [4.69, 9.17) is 4.74 Å². The van der Waals surface area contributed by atoms with Crippen molar-refractivity contribution in [2.75, 3.05) is 7.11 Å². The lowest BCUT2D eigenvalue weighted by Crippen LogP contribution is -1.98. The maximum atomic E-state index is 10.7. The number of aldehydes is 1. The summed E-state index contributed by atoms with van der Waals surface area (Å²) in [7, 11) is 1.61. The summed E-state index contributed by atoms with van der Waals surface area (Å²) in [5.74, 6) is 0.724. The molecule has 0 spiro atoms. The third kappa shape index (κ3) is 1.69. The van der Waals surface area contributed by atoms with Crippen molar-refractivity contribution in [1.29, 1.82) is 0 Å². The fraction of sp³-hybridized carbons (Fsp3) is 0.167. The molecule has 1 heterocycles. The third-order valence-corrected chi connectivity index (χ3v) is 2.38. The number of para-hydroxylation sites is 2. The van der Waals surface area contributed by atoms with E-state index in [1.54, 1.807) is 11.8 Å². The lowest BCUT2D eigenvalue weighted by molar-refractivity contribution is 0.111. The number of methoxy groups -OCH3 is 1. The first-order valence-corrected chi connectivity index (χ1v) is 4.91. The summed E-state index contributed by atoms with van der Waals surface area (Å²) in [5, 5.41) is 4.18. The Hall–Kier alpha value is -2.10. The Kier molecular flexibility index (Phi) is 2.72. The number of benzene rings is 1. The Morgan fingerprint density at radius 2 is 2.12 bits per heavy atom. The van der Waals surface area contributed by atoms with Crippen molar-refractivity contribution in [3.05, 3.63) is 41.7 Å². The number of ether oxygens (including phenoxy) is 1. The second-order valence-corrected chi connectivity index (χ2v) is 3.43. The van der Waals surface area contributed by atoms with Crippen molar-refractivity contribution in [3.63, 3.8) is 0 Å². The summed E-state index contributed by atoms with van der Waals surface area (Å²) < 4.78 is 6.88. The van der Waals surface area contributed by atoms with Crippen LogP contribution in [0.1, 0.15) is 16.1 Å². The Balaban J connectivity index is 2.53. The number of carbonyl (C=O) groups excluding carboxylic acids is 1. The van der Waals surface area contributed by atoms with Crippen molar-refractivity contribution in [2.45, 2.75) is 6.92 Å². The van der Waals surface area contributed by atoms with Gasteiger partial charge in [-0.15, -0.1) is 0 Å². The summed E-state index contributed by atoms with van der Waals surface area (Å²) in [5.41, 5.74) is 2.12. The minimum absolute atomic E-state index is 0.450. The van der Waals surface area contributed by atoms with Gasteiger partial charge in [-0.05, 0) is 24.6 Å². The lowest BCUT2D eigenvalue weighted by Gasteiger charge is -2.07. The lowest BCUT2D eigenvalue weighted by atomic mass is 10.3. The summed E-state index contributed by atoms with van der Waals surface area (Å²) in [4.78, 5) is 10.7. The molecule has 0 saturated carbocycles. The molecule has 82 valence electrons. The molecule has 0 saturated heterocycles. The highest BCUT2D eigenvalue weighted by Crippen LogP contribution is 2.22. The average Bonchev–Trinajstić information content (AvgIpc) is 2.70. The van der Waals surface area contributed by atoms with Crippen LogP contribution in [0, 0.1) is 6.92 Å². The van der Waals surface area contributed by atoms with Crippen LogP contribution in [0.5, 0.6) is 5.75 Å². The molecule has 2 rings (SSSR count). The van der Waals surface area contributed by atoms with E-state index in [1.807, 2.05) is 37.4 Å². The van der Waals surface area contributed by atoms with E-state index in [0.717, 1.165) is 23.3 Å². The number of carbonyl (C=O) groups is 1. The first-order valence-electron chi connectivity index (χ1n) is 4.91. The van der Waals surface area contributed by atoms with Gasteiger partial charge in [-0.3, -0.25) is 4.79 Å². The van der Waals surface area contributed by atoms with Gasteiger partial charge in [0.15, 0.2) is 6.29 Å². The molecule has 0 aliphatic rings. The molecule has 1 aromatic heterocycles. The van der Waals surface area contributed by atoms with Gasteiger partial charge in [0, 0.05) is 6.20 Å². The fourth-order valence-electron chi connectivity index (χ4n) is 1.53. The topological polar surface area (TPSA) is 44.1 Å². The monoisotopic (exact) mass is 216 g/mol. The van der Waals surface area contributed by atoms with Gasteiger partial charge in [0.2, 0.25) is 0 Å². The normalized spacial score (nSPS) is 10.1. The standard InChI is InChI=1S/C12H12N2O2/c1-9-7-14(13-10(9)8-15)11-5-3-4-6-12(11)16-2/h3-8H,1-2H3. The predicted octanol–water partition coefficient (Wildman–Crippen LogP) is 2.00. The molecule has 0 amide bonds. The molecule has 0 fully saturated rings. The second kappa shape index (κ2) is 4.18. The Bertz CT molecular complexity index is 517. The number of nitrogens with zero attached hydrogens (tertiary/aromatic N) is 2. The molecule has 0 bridgehead atoms. The number of hydrogen-bond donors (Lipinski definition) is 0. The first kappa shape index (κ1) is 10.4. The van der Waals surface area contributed by atoms with Gasteiger partial charge < -0.3 is 4.74 Å². The molecule has 0 atom stereocenters. The van der Waals surface area contributed by atoms with Gasteiger partial charge in [0.25, 0.3) is 0 Å². The first-order chi connectivity index (χ1) is 7.76. The van der Waals surface area contributed by atoms with Crippen LogP contribution in [-0.4, -0.2) is 23.2 Å². The largest absolute Gasteiger partial charge is 0.494 e. The van der Waals surface area contributed by atoms with Crippen LogP contribution in [0.2, 0.25) is 0 Å². The van der Waals surface area contributed by atoms with Gasteiger partial charge in [0.1, 0.15) is 17.1 Å². The van der Waals surface area contributed by atoms with E-state index < -0.39 is 0 Å². The van der Waals surface area contributed by atoms with Gasteiger partial charge >= 0.3 is 0 Å². The highest BCUT2D eigenvalue weighted by Gasteiger charge is 2.08. The third-order valence-electron chi connectivity index (χ3n) is 2.38. The van der Waals surface area contributed by atoms with Crippen molar-refractivity contribution in [1.82, 2.24) is 9.78 Å². The molecule has 1 aromatic carbocycles. The highest BCUT2D eigenvalue weighted by atomic mass is 16.5. The highest BCUT2D eigenvalue weighted by molar-refractivity contribution is 5.74. The molecule has 0 unspecified atom stereocenters. The van der Waals surface area contributed by atoms with Crippen LogP contribution >= 0.6 is 0 Å². The van der Waals surface area contributed by atoms with E-state index in [-0.39, 0.29) is 0 Å². The quantitative estimate of drug-likeness (QED) is 0.737. The summed E-state index contributed by atoms with van der Waals surface area (Å²) in [6, 6.07) is 7.53. The predicted molar refractivity (Wildman–Crippen MR) is 60.2 cm³/mol. The van der Waals surface area contributed by atoms with Crippen LogP contribution in [0.25, 0.3) is 5.69 Å². The van der Waals surface area contributed by atoms with Crippen LogP contribution in [0.4, 0.5) is 0 Å². The average molecular weight is 216 g/mol. The Labute approximate surface area is 93.5 Å². The smallest absolute Gasteiger partial charge is 0.170 e. The van der Waals surface area contributed by atoms with Gasteiger partial charge in [-0.2, -0.15) is 5.10 Å². The molecular weight excluding hydrogens is 204 g/mol. The van der Waals surface area contributed by atoms with Crippen molar-refractivity contribution in [2.24, 2.45) is 0 Å². The Morgan fingerprint density at radius 3 is 2.75 bits per heavy atom. The maximum absolute atomic E-state index is 10.7. The van der Waals surface area contributed by atoms with Crippen LogP contribution in [0.15, 0.2) is 30.5 Å². The van der Waals surface area contributed by atoms with E-state index >= 15 is 0 Å². The number of hydrogen-bond acceptors (Lipinski definition) is 3. The van der Waals surface area contributed by atoms with Gasteiger partial charge in [-0.1, -0.05) is 12.1 Å². The summed E-state index contributed by atoms with van der Waals surface area (Å²) >= 11 is 0. The van der Waals surface area contributed by atoms with E-state index in [1.165, 1.54) is 0 Å². The molecule has 16 heavy (non-hydrogen) atoms. The maximum Gasteiger partial charge on any atom is 0.170 e. The van der Waals surface area contributed by atoms with Crippen LogP contribution < -0.4 is 4.74 Å². The fourth-order valence-corrected chi connectivity index (χ4v) is 1.53. The zero-order chi connectivity index (χ0) is 11.5. The van der Waals surface area contributed by atoms with Crippen LogP contribution in [-0.2, 0) is 0 Å². The molecule has 2 aromatic rings. The van der Waals surface area contributed by atoms with E-state index in [2.05, 4.69) is 5.10 Å². The molecule has 0 N–H and O–H groups in total. The van der Waals surface area contributed by atoms with E-state index in [9.17, 15) is 4.79 Å². The number of aryl methyl sites for hydroxylation is 1. The Morgan fingerprint density at radius 1 is 1.38 bits per heavy atom. The zero-order valence-corrected chi connectivity index (χ0v) is 9.18. The van der Waals surface area contributed by atoms with E-state index in [0.29, 0.717) is 5.69 Å². The number of rotatable bonds is 3. The SMILES string of the molecule is COc1ccccc1-n1cc(C)c(C=O)n1. The molecule has 4 nitrogen and oxygen atoms in total. The minimum Gasteiger partial charge on any atom is -0.494 e.